The smallest absolute Gasteiger partial charge is 0.313 e. The summed E-state index contributed by atoms with van der Waals surface area (Å²) >= 11 is 1.09. The topological polar surface area (TPSA) is 97.5 Å². The first-order valence-corrected chi connectivity index (χ1v) is 8.31. The van der Waals surface area contributed by atoms with Crippen molar-refractivity contribution >= 4 is 17.7 Å². The van der Waals surface area contributed by atoms with E-state index >= 15 is 0 Å². The highest BCUT2D eigenvalue weighted by Gasteiger charge is 2.17. The fourth-order valence-corrected chi connectivity index (χ4v) is 2.92. The molecule has 1 aromatic heterocycles. The zero-order valence-electron chi connectivity index (χ0n) is 13.3. The summed E-state index contributed by atoms with van der Waals surface area (Å²) in [4.78, 5) is 10.9. The van der Waals surface area contributed by atoms with Crippen LogP contribution in [0.3, 0.4) is 0 Å². The lowest BCUT2D eigenvalue weighted by atomic mass is 10.2. The molecule has 3 rings (SSSR count). The van der Waals surface area contributed by atoms with Gasteiger partial charge in [-0.2, -0.15) is 0 Å². The molecule has 1 heterocycles. The van der Waals surface area contributed by atoms with E-state index in [2.05, 4.69) is 10.2 Å². The molecule has 25 heavy (non-hydrogen) atoms. The molecule has 0 fully saturated rings. The molecule has 7 nitrogen and oxygen atoms in total. The van der Waals surface area contributed by atoms with Gasteiger partial charge in [-0.15, -0.1) is 10.2 Å². The molecule has 8 heteroatoms. The van der Waals surface area contributed by atoms with Crippen LogP contribution in [-0.4, -0.2) is 43.8 Å². The number of ether oxygens (including phenoxy) is 1. The number of phenolic OH excluding ortho intramolecular Hbond substituents is 1. The molecular formula is C17H15N3O4S. The molecule has 0 amide bonds. The molecule has 0 unspecified atom stereocenters. The summed E-state index contributed by atoms with van der Waals surface area (Å²) in [5.74, 6) is 0.366. The Bertz CT molecular complexity index is 876. The Kier molecular flexibility index (Phi) is 4.90. The molecule has 2 N–H and O–H groups in total. The van der Waals surface area contributed by atoms with Crippen molar-refractivity contribution in [2.45, 2.75) is 5.16 Å². The van der Waals surface area contributed by atoms with Crippen molar-refractivity contribution in [3.8, 4) is 28.6 Å². The van der Waals surface area contributed by atoms with Crippen molar-refractivity contribution in [2.75, 3.05) is 12.9 Å². The highest BCUT2D eigenvalue weighted by atomic mass is 32.2. The van der Waals surface area contributed by atoms with Crippen LogP contribution < -0.4 is 4.74 Å². The molecule has 0 aliphatic carbocycles. The van der Waals surface area contributed by atoms with Crippen molar-refractivity contribution in [1.82, 2.24) is 14.8 Å². The number of rotatable bonds is 6. The van der Waals surface area contributed by atoms with Crippen molar-refractivity contribution < 1.29 is 19.7 Å². The van der Waals surface area contributed by atoms with Crippen molar-refractivity contribution in [3.05, 3.63) is 48.5 Å². The van der Waals surface area contributed by atoms with E-state index in [-0.39, 0.29) is 11.5 Å². The highest BCUT2D eigenvalue weighted by molar-refractivity contribution is 7.99. The number of aromatic hydroxyl groups is 1. The number of phenols is 1. The zero-order valence-corrected chi connectivity index (χ0v) is 14.1. The third-order valence-electron chi connectivity index (χ3n) is 3.41. The number of methoxy groups -OCH3 is 1. The van der Waals surface area contributed by atoms with Gasteiger partial charge in [0.2, 0.25) is 0 Å². The number of carboxylic acid groups (broad SMARTS) is 1. The maximum atomic E-state index is 10.9. The summed E-state index contributed by atoms with van der Waals surface area (Å²) in [6.07, 6.45) is 0. The number of carboxylic acids is 1. The SMILES string of the molecule is COc1ccc(-n2c(SCC(=O)O)nnc2-c2ccc(O)cc2)cc1. The summed E-state index contributed by atoms with van der Waals surface area (Å²) < 4.78 is 6.95. The van der Waals surface area contributed by atoms with Crippen LogP contribution in [0.2, 0.25) is 0 Å². The van der Waals surface area contributed by atoms with Gasteiger partial charge in [0.05, 0.1) is 12.9 Å². The molecule has 0 saturated heterocycles. The number of carbonyl (C=O) groups is 1. The van der Waals surface area contributed by atoms with Crippen LogP contribution in [0.25, 0.3) is 17.1 Å². The van der Waals surface area contributed by atoms with Gasteiger partial charge in [0.1, 0.15) is 11.5 Å². The molecular weight excluding hydrogens is 342 g/mol. The number of nitrogens with zero attached hydrogens (tertiary/aromatic N) is 3. The second-order valence-corrected chi connectivity index (χ2v) is 6.01. The Morgan fingerprint density at radius 3 is 2.40 bits per heavy atom. The fourth-order valence-electron chi connectivity index (χ4n) is 2.25. The third kappa shape index (κ3) is 3.74. The van der Waals surface area contributed by atoms with Gasteiger partial charge < -0.3 is 14.9 Å². The number of thioether (sulfide) groups is 1. The molecule has 0 radical (unpaired) electrons. The van der Waals surface area contributed by atoms with Crippen molar-refractivity contribution in [1.29, 1.82) is 0 Å². The zero-order chi connectivity index (χ0) is 17.8. The minimum atomic E-state index is -0.930. The van der Waals surface area contributed by atoms with E-state index < -0.39 is 5.97 Å². The van der Waals surface area contributed by atoms with Gasteiger partial charge in [0.25, 0.3) is 0 Å². The summed E-state index contributed by atoms with van der Waals surface area (Å²) in [5, 5.41) is 27.2. The Balaban J connectivity index is 2.08. The number of aliphatic carboxylic acids is 1. The summed E-state index contributed by atoms with van der Waals surface area (Å²) in [6.45, 7) is 0. The maximum Gasteiger partial charge on any atom is 0.313 e. The number of hydrogen-bond donors (Lipinski definition) is 2. The first kappa shape index (κ1) is 16.8. The molecule has 0 aliphatic rings. The lowest BCUT2D eigenvalue weighted by molar-refractivity contribution is -0.133. The van der Waals surface area contributed by atoms with Gasteiger partial charge in [-0.05, 0) is 48.5 Å². The number of hydrogen-bond acceptors (Lipinski definition) is 6. The van der Waals surface area contributed by atoms with E-state index in [0.717, 1.165) is 23.0 Å². The molecule has 0 atom stereocenters. The number of aromatic nitrogens is 3. The normalized spacial score (nSPS) is 10.6. The quantitative estimate of drug-likeness (QED) is 0.655. The van der Waals surface area contributed by atoms with Crippen LogP contribution in [0.1, 0.15) is 0 Å². The van der Waals surface area contributed by atoms with Gasteiger partial charge in [0, 0.05) is 11.3 Å². The third-order valence-corrected chi connectivity index (χ3v) is 4.33. The van der Waals surface area contributed by atoms with Gasteiger partial charge in [0.15, 0.2) is 11.0 Å². The van der Waals surface area contributed by atoms with E-state index in [0.29, 0.717) is 16.7 Å². The monoisotopic (exact) mass is 357 g/mol. The van der Waals surface area contributed by atoms with Crippen LogP contribution in [-0.2, 0) is 4.79 Å². The largest absolute Gasteiger partial charge is 0.508 e. The van der Waals surface area contributed by atoms with Gasteiger partial charge in [-0.25, -0.2) is 0 Å². The van der Waals surface area contributed by atoms with E-state index in [4.69, 9.17) is 9.84 Å². The standard InChI is InChI=1S/C17H15N3O4S/c1-24-14-8-4-12(5-9-14)20-16(11-2-6-13(21)7-3-11)18-19-17(20)25-10-15(22)23/h2-9,21H,10H2,1H3,(H,22,23). The van der Waals surface area contributed by atoms with Crippen molar-refractivity contribution in [2.24, 2.45) is 0 Å². The molecule has 0 spiro atoms. The average Bonchev–Trinajstić information content (AvgIpc) is 3.04. The summed E-state index contributed by atoms with van der Waals surface area (Å²) in [5.41, 5.74) is 1.53. The lowest BCUT2D eigenvalue weighted by Gasteiger charge is -2.10. The molecule has 0 bridgehead atoms. The summed E-state index contributed by atoms with van der Waals surface area (Å²) in [6, 6.07) is 13.9. The lowest BCUT2D eigenvalue weighted by Crippen LogP contribution is -2.03. The maximum absolute atomic E-state index is 10.9. The minimum absolute atomic E-state index is 0.121. The van der Waals surface area contributed by atoms with Gasteiger partial charge >= 0.3 is 5.97 Å². The van der Waals surface area contributed by atoms with Crippen LogP contribution in [0, 0.1) is 0 Å². The molecule has 0 saturated carbocycles. The Labute approximate surface area is 147 Å². The first-order chi connectivity index (χ1) is 12.1. The van der Waals surface area contributed by atoms with Gasteiger partial charge in [-0.1, -0.05) is 11.8 Å². The first-order valence-electron chi connectivity index (χ1n) is 7.32. The Morgan fingerprint density at radius 2 is 1.80 bits per heavy atom. The highest BCUT2D eigenvalue weighted by Crippen LogP contribution is 2.29. The average molecular weight is 357 g/mol. The van der Waals surface area contributed by atoms with Crippen LogP contribution in [0.4, 0.5) is 0 Å². The van der Waals surface area contributed by atoms with Gasteiger partial charge in [-0.3, -0.25) is 9.36 Å². The Morgan fingerprint density at radius 1 is 1.12 bits per heavy atom. The van der Waals surface area contributed by atoms with Crippen molar-refractivity contribution in [3.63, 3.8) is 0 Å². The summed E-state index contributed by atoms with van der Waals surface area (Å²) in [7, 11) is 1.59. The minimum Gasteiger partial charge on any atom is -0.508 e. The van der Waals surface area contributed by atoms with E-state index in [1.165, 1.54) is 0 Å². The van der Waals surface area contributed by atoms with Crippen LogP contribution >= 0.6 is 11.8 Å². The molecule has 3 aromatic rings. The number of benzene rings is 2. The second kappa shape index (κ2) is 7.27. The predicted octanol–water partition coefficient (Wildman–Crippen LogP) is 2.83. The molecule has 0 aliphatic heterocycles. The molecule has 2 aromatic carbocycles. The van der Waals surface area contributed by atoms with E-state index in [1.807, 2.05) is 24.3 Å². The molecule has 128 valence electrons. The van der Waals surface area contributed by atoms with E-state index in [9.17, 15) is 9.90 Å². The van der Waals surface area contributed by atoms with E-state index in [1.54, 1.807) is 35.9 Å². The Hall–Kier alpha value is -3.00. The predicted molar refractivity (Wildman–Crippen MR) is 93.4 cm³/mol. The van der Waals surface area contributed by atoms with Crippen LogP contribution in [0.5, 0.6) is 11.5 Å². The fraction of sp³-hybridized carbons (Fsp3) is 0.118. The second-order valence-electron chi connectivity index (χ2n) is 5.07. The van der Waals surface area contributed by atoms with Crippen LogP contribution in [0.15, 0.2) is 53.7 Å².